The largest absolute Gasteiger partial charge is 0.480 e. The second-order valence-corrected chi connectivity index (χ2v) is 5.31. The fourth-order valence-corrected chi connectivity index (χ4v) is 1.55. The lowest BCUT2D eigenvalue weighted by atomic mass is 10.0. The summed E-state index contributed by atoms with van der Waals surface area (Å²) in [5.74, 6) is -1.57. The van der Waals surface area contributed by atoms with E-state index in [1.165, 1.54) is 0 Å². The molecule has 5 nitrogen and oxygen atoms in total. The van der Waals surface area contributed by atoms with Gasteiger partial charge in [0.05, 0.1) is 5.56 Å². The van der Waals surface area contributed by atoms with Crippen molar-refractivity contribution < 1.29 is 19.4 Å². The molecule has 5 heteroatoms. The fourth-order valence-electron chi connectivity index (χ4n) is 1.55. The summed E-state index contributed by atoms with van der Waals surface area (Å²) in [4.78, 5) is 22.8. The van der Waals surface area contributed by atoms with Crippen LogP contribution in [0.25, 0.3) is 0 Å². The molecule has 1 atom stereocenters. The van der Waals surface area contributed by atoms with Crippen molar-refractivity contribution in [2.75, 3.05) is 0 Å². The molecular formula is C14H19NO4. The zero-order valence-electron chi connectivity index (χ0n) is 11.3. The first kappa shape index (κ1) is 15.2. The number of ether oxygens (including phenoxy) is 1. The van der Waals surface area contributed by atoms with Gasteiger partial charge in [0.15, 0.2) is 0 Å². The van der Waals surface area contributed by atoms with E-state index in [-0.39, 0.29) is 6.42 Å². The van der Waals surface area contributed by atoms with Crippen LogP contribution in [0.15, 0.2) is 24.3 Å². The first-order valence-corrected chi connectivity index (χ1v) is 6.00. The standard InChI is InChI=1S/C14H19NO4/c1-14(2,3)19-13(18)10-7-5-4-6-9(10)8-11(15)12(16)17/h4-7,11H,8,15H2,1-3H3,(H,16,17). The molecular weight excluding hydrogens is 246 g/mol. The van der Waals surface area contributed by atoms with Crippen molar-refractivity contribution in [2.24, 2.45) is 5.73 Å². The summed E-state index contributed by atoms with van der Waals surface area (Å²) >= 11 is 0. The molecule has 104 valence electrons. The highest BCUT2D eigenvalue weighted by atomic mass is 16.6. The Bertz CT molecular complexity index is 477. The van der Waals surface area contributed by atoms with Crippen LogP contribution < -0.4 is 5.73 Å². The number of benzene rings is 1. The third-order valence-corrected chi connectivity index (χ3v) is 2.39. The second kappa shape index (κ2) is 5.84. The van der Waals surface area contributed by atoms with Crippen molar-refractivity contribution in [1.29, 1.82) is 0 Å². The van der Waals surface area contributed by atoms with E-state index in [4.69, 9.17) is 15.6 Å². The molecule has 0 bridgehead atoms. The Labute approximate surface area is 112 Å². The molecule has 0 aliphatic carbocycles. The van der Waals surface area contributed by atoms with Crippen molar-refractivity contribution >= 4 is 11.9 Å². The van der Waals surface area contributed by atoms with Crippen molar-refractivity contribution in [3.05, 3.63) is 35.4 Å². The Balaban J connectivity index is 2.96. The van der Waals surface area contributed by atoms with E-state index >= 15 is 0 Å². The van der Waals surface area contributed by atoms with Gasteiger partial charge in [-0.25, -0.2) is 4.79 Å². The van der Waals surface area contributed by atoms with Gasteiger partial charge in [0.25, 0.3) is 0 Å². The number of carbonyl (C=O) groups is 2. The maximum atomic E-state index is 12.0. The minimum atomic E-state index is -1.10. The van der Waals surface area contributed by atoms with Gasteiger partial charge in [-0.15, -0.1) is 0 Å². The molecule has 0 aliphatic rings. The van der Waals surface area contributed by atoms with Gasteiger partial charge in [-0.2, -0.15) is 0 Å². The van der Waals surface area contributed by atoms with Gasteiger partial charge >= 0.3 is 11.9 Å². The molecule has 0 fully saturated rings. The third-order valence-electron chi connectivity index (χ3n) is 2.39. The molecule has 0 aromatic heterocycles. The Morgan fingerprint density at radius 1 is 1.32 bits per heavy atom. The molecule has 3 N–H and O–H groups in total. The van der Waals surface area contributed by atoms with Crippen LogP contribution in [0, 0.1) is 0 Å². The number of hydrogen-bond acceptors (Lipinski definition) is 4. The van der Waals surface area contributed by atoms with E-state index in [2.05, 4.69) is 0 Å². The number of carbonyl (C=O) groups excluding carboxylic acids is 1. The molecule has 1 rings (SSSR count). The molecule has 1 aromatic rings. The van der Waals surface area contributed by atoms with Gasteiger partial charge in [-0.3, -0.25) is 4.79 Å². The van der Waals surface area contributed by atoms with Gasteiger partial charge in [0.2, 0.25) is 0 Å². The molecule has 0 aliphatic heterocycles. The highest BCUT2D eigenvalue weighted by Crippen LogP contribution is 2.16. The van der Waals surface area contributed by atoms with Crippen LogP contribution in [0.1, 0.15) is 36.7 Å². The minimum Gasteiger partial charge on any atom is -0.480 e. The number of nitrogens with two attached hydrogens (primary N) is 1. The predicted octanol–water partition coefficient (Wildman–Crippen LogP) is 1.60. The lowest BCUT2D eigenvalue weighted by Gasteiger charge is -2.20. The van der Waals surface area contributed by atoms with Gasteiger partial charge in [-0.05, 0) is 38.8 Å². The monoisotopic (exact) mass is 265 g/mol. The van der Waals surface area contributed by atoms with E-state index in [0.29, 0.717) is 11.1 Å². The normalized spacial score (nSPS) is 12.8. The van der Waals surface area contributed by atoms with Crippen molar-refractivity contribution in [1.82, 2.24) is 0 Å². The number of carboxylic acid groups (broad SMARTS) is 1. The molecule has 0 amide bonds. The Hall–Kier alpha value is -1.88. The quantitative estimate of drug-likeness (QED) is 0.807. The van der Waals surface area contributed by atoms with E-state index in [9.17, 15) is 9.59 Å². The third kappa shape index (κ3) is 4.71. The van der Waals surface area contributed by atoms with Crippen LogP contribution in [0.5, 0.6) is 0 Å². The van der Waals surface area contributed by atoms with Crippen LogP contribution in [-0.2, 0) is 16.0 Å². The van der Waals surface area contributed by atoms with Crippen LogP contribution in [0.4, 0.5) is 0 Å². The number of carboxylic acids is 1. The van der Waals surface area contributed by atoms with E-state index < -0.39 is 23.6 Å². The summed E-state index contributed by atoms with van der Waals surface area (Å²) in [5.41, 5.74) is 5.83. The zero-order chi connectivity index (χ0) is 14.6. The average Bonchev–Trinajstić information content (AvgIpc) is 2.27. The number of rotatable bonds is 4. The second-order valence-electron chi connectivity index (χ2n) is 5.31. The lowest BCUT2D eigenvalue weighted by molar-refractivity contribution is -0.138. The molecule has 0 heterocycles. The topological polar surface area (TPSA) is 89.6 Å². The molecule has 1 unspecified atom stereocenters. The number of aliphatic carboxylic acids is 1. The summed E-state index contributed by atoms with van der Waals surface area (Å²) in [6.07, 6.45) is 0.0880. The number of hydrogen-bond donors (Lipinski definition) is 2. The predicted molar refractivity (Wildman–Crippen MR) is 70.9 cm³/mol. The Morgan fingerprint density at radius 2 is 1.89 bits per heavy atom. The highest BCUT2D eigenvalue weighted by Gasteiger charge is 2.22. The Morgan fingerprint density at radius 3 is 2.42 bits per heavy atom. The molecule has 1 aromatic carbocycles. The van der Waals surface area contributed by atoms with Crippen molar-refractivity contribution in [3.63, 3.8) is 0 Å². The molecule has 0 spiro atoms. The van der Waals surface area contributed by atoms with Crippen LogP contribution >= 0.6 is 0 Å². The molecule has 19 heavy (non-hydrogen) atoms. The first-order chi connectivity index (χ1) is 8.70. The summed E-state index contributed by atoms with van der Waals surface area (Å²) in [6.45, 7) is 5.32. The van der Waals surface area contributed by atoms with E-state index in [1.54, 1.807) is 45.0 Å². The van der Waals surface area contributed by atoms with Gasteiger partial charge in [-0.1, -0.05) is 18.2 Å². The van der Waals surface area contributed by atoms with Gasteiger partial charge in [0.1, 0.15) is 11.6 Å². The summed E-state index contributed by atoms with van der Waals surface area (Å²) in [7, 11) is 0. The molecule has 0 saturated heterocycles. The van der Waals surface area contributed by atoms with Crippen LogP contribution in [0.2, 0.25) is 0 Å². The summed E-state index contributed by atoms with van der Waals surface area (Å²) in [6, 6.07) is 5.69. The van der Waals surface area contributed by atoms with Crippen molar-refractivity contribution in [3.8, 4) is 0 Å². The average molecular weight is 265 g/mol. The Kier molecular flexibility index (Phi) is 4.67. The zero-order valence-corrected chi connectivity index (χ0v) is 11.3. The van der Waals surface area contributed by atoms with Crippen molar-refractivity contribution in [2.45, 2.75) is 38.8 Å². The maximum absolute atomic E-state index is 12.0. The summed E-state index contributed by atoms with van der Waals surface area (Å²) < 4.78 is 5.28. The first-order valence-electron chi connectivity index (χ1n) is 6.00. The van der Waals surface area contributed by atoms with Crippen LogP contribution in [-0.4, -0.2) is 28.7 Å². The summed E-state index contributed by atoms with van der Waals surface area (Å²) in [5, 5.41) is 8.82. The van der Waals surface area contributed by atoms with Gasteiger partial charge < -0.3 is 15.6 Å². The van der Waals surface area contributed by atoms with E-state index in [1.807, 2.05) is 0 Å². The molecule has 0 radical (unpaired) electrons. The molecule has 0 saturated carbocycles. The highest BCUT2D eigenvalue weighted by molar-refractivity contribution is 5.91. The van der Waals surface area contributed by atoms with E-state index in [0.717, 1.165) is 0 Å². The fraction of sp³-hybridized carbons (Fsp3) is 0.429. The van der Waals surface area contributed by atoms with Crippen LogP contribution in [0.3, 0.4) is 0 Å². The lowest BCUT2D eigenvalue weighted by Crippen LogP contribution is -2.33. The minimum absolute atomic E-state index is 0.0880. The van der Waals surface area contributed by atoms with Gasteiger partial charge in [0, 0.05) is 0 Å². The number of esters is 1. The SMILES string of the molecule is CC(C)(C)OC(=O)c1ccccc1CC(N)C(=O)O. The maximum Gasteiger partial charge on any atom is 0.338 e. The smallest absolute Gasteiger partial charge is 0.338 e.